The molecule has 0 unspecified atom stereocenters. The van der Waals surface area contributed by atoms with E-state index in [1.165, 1.54) is 0 Å². The van der Waals surface area contributed by atoms with Crippen LogP contribution in [0.15, 0.2) is 30.7 Å². The summed E-state index contributed by atoms with van der Waals surface area (Å²) in [5.74, 6) is 2.66. The van der Waals surface area contributed by atoms with E-state index < -0.39 is 0 Å². The van der Waals surface area contributed by atoms with Gasteiger partial charge in [-0.3, -0.25) is 4.98 Å². The molecule has 0 bridgehead atoms. The van der Waals surface area contributed by atoms with Gasteiger partial charge in [-0.1, -0.05) is 26.7 Å². The minimum absolute atomic E-state index is 0.0371. The first-order valence-corrected chi connectivity index (χ1v) is 7.22. The van der Waals surface area contributed by atoms with Crippen LogP contribution in [-0.2, 0) is 5.41 Å². The Morgan fingerprint density at radius 3 is 2.75 bits per heavy atom. The summed E-state index contributed by atoms with van der Waals surface area (Å²) in [6.07, 6.45) is 11.2. The average molecular weight is 281 g/mol. The minimum atomic E-state index is -0.0371. The van der Waals surface area contributed by atoms with Gasteiger partial charge < -0.3 is 4.40 Å². The summed E-state index contributed by atoms with van der Waals surface area (Å²) in [6, 6.07) is 3.97. The van der Waals surface area contributed by atoms with Crippen LogP contribution >= 0.6 is 11.3 Å². The maximum atomic E-state index is 5.42. The van der Waals surface area contributed by atoms with Gasteiger partial charge in [0.1, 0.15) is 0 Å². The van der Waals surface area contributed by atoms with E-state index in [4.69, 9.17) is 11.4 Å². The van der Waals surface area contributed by atoms with Gasteiger partial charge >= 0.3 is 0 Å². The van der Waals surface area contributed by atoms with Gasteiger partial charge in [0.2, 0.25) is 0 Å². The van der Waals surface area contributed by atoms with Crippen molar-refractivity contribution in [3.05, 3.63) is 41.3 Å². The molecule has 100 valence electrons. The van der Waals surface area contributed by atoms with Crippen molar-refractivity contribution in [2.45, 2.75) is 26.2 Å². The van der Waals surface area contributed by atoms with E-state index in [2.05, 4.69) is 31.7 Å². The van der Waals surface area contributed by atoms with Crippen molar-refractivity contribution in [1.29, 1.82) is 0 Å². The number of rotatable bonds is 1. The molecule has 0 spiro atoms. The molecule has 3 heterocycles. The maximum Gasteiger partial charge on any atom is 0.159 e. The second-order valence-corrected chi connectivity index (χ2v) is 6.77. The van der Waals surface area contributed by atoms with Crippen LogP contribution in [0.4, 0.5) is 0 Å². The molecular formula is C16H15N3S. The van der Waals surface area contributed by atoms with Gasteiger partial charge in [0, 0.05) is 24.0 Å². The van der Waals surface area contributed by atoms with Crippen LogP contribution < -0.4 is 0 Å². The molecule has 3 aromatic rings. The average Bonchev–Trinajstić information content (AvgIpc) is 3.02. The van der Waals surface area contributed by atoms with E-state index in [1.54, 1.807) is 11.3 Å². The van der Waals surface area contributed by atoms with Crippen LogP contribution in [0, 0.1) is 12.3 Å². The molecule has 3 nitrogen and oxygen atoms in total. The summed E-state index contributed by atoms with van der Waals surface area (Å²) in [5, 5.41) is 0. The van der Waals surface area contributed by atoms with E-state index in [1.807, 2.05) is 35.1 Å². The molecule has 0 amide bonds. The number of nitrogens with zero attached hydrogens (tertiary/aromatic N) is 3. The Hall–Kier alpha value is -2.12. The third kappa shape index (κ3) is 2.10. The zero-order valence-electron chi connectivity index (χ0n) is 11.7. The zero-order chi connectivity index (χ0) is 14.3. The maximum absolute atomic E-state index is 5.42. The van der Waals surface area contributed by atoms with Crippen LogP contribution in [0.1, 0.15) is 31.3 Å². The fraction of sp³-hybridized carbons (Fsp3) is 0.250. The molecule has 3 aromatic heterocycles. The molecule has 20 heavy (non-hydrogen) atoms. The molecule has 0 atom stereocenters. The smallest absolute Gasteiger partial charge is 0.159 e. The SMILES string of the molecule is C#Cc1ccc(-c2cn3ccnc(C(C)(C)C)c3n2)s1. The van der Waals surface area contributed by atoms with E-state index in [-0.39, 0.29) is 5.41 Å². The topological polar surface area (TPSA) is 30.2 Å². The van der Waals surface area contributed by atoms with Crippen LogP contribution in [0.3, 0.4) is 0 Å². The summed E-state index contributed by atoms with van der Waals surface area (Å²) in [5.41, 5.74) is 2.81. The summed E-state index contributed by atoms with van der Waals surface area (Å²) in [6.45, 7) is 6.43. The molecule has 0 fully saturated rings. The number of aromatic nitrogens is 3. The molecule has 0 N–H and O–H groups in total. The van der Waals surface area contributed by atoms with Crippen molar-refractivity contribution in [3.8, 4) is 22.9 Å². The molecule has 4 heteroatoms. The summed E-state index contributed by atoms with van der Waals surface area (Å²) >= 11 is 1.58. The quantitative estimate of drug-likeness (QED) is 0.636. The van der Waals surface area contributed by atoms with Crippen molar-refractivity contribution in [1.82, 2.24) is 14.4 Å². The van der Waals surface area contributed by atoms with Crippen molar-refractivity contribution in [2.75, 3.05) is 0 Å². The standard InChI is InChI=1S/C16H15N3S/c1-5-11-6-7-13(20-11)12-10-19-9-8-17-14(15(19)18-12)16(2,3)4/h1,6-10H,2-4H3. The number of terminal acetylenes is 1. The fourth-order valence-corrected chi connectivity index (χ4v) is 2.89. The lowest BCUT2D eigenvalue weighted by atomic mass is 9.92. The van der Waals surface area contributed by atoms with Gasteiger partial charge in [-0.05, 0) is 12.1 Å². The minimum Gasteiger partial charge on any atom is -0.303 e. The Labute approximate surface area is 122 Å². The molecule has 0 aromatic carbocycles. The predicted molar refractivity (Wildman–Crippen MR) is 82.9 cm³/mol. The normalized spacial score (nSPS) is 11.7. The third-order valence-electron chi connectivity index (χ3n) is 3.09. The summed E-state index contributed by atoms with van der Waals surface area (Å²) in [7, 11) is 0. The molecule has 0 aliphatic carbocycles. The second-order valence-electron chi connectivity index (χ2n) is 5.69. The third-order valence-corrected chi connectivity index (χ3v) is 4.13. The Bertz CT molecular complexity index is 812. The highest BCUT2D eigenvalue weighted by Crippen LogP contribution is 2.30. The van der Waals surface area contributed by atoms with Crippen LogP contribution in [0.5, 0.6) is 0 Å². The Kier molecular flexibility index (Phi) is 2.88. The van der Waals surface area contributed by atoms with Gasteiger partial charge in [-0.15, -0.1) is 17.8 Å². The van der Waals surface area contributed by atoms with Crippen molar-refractivity contribution in [2.24, 2.45) is 0 Å². The Balaban J connectivity index is 2.18. The van der Waals surface area contributed by atoms with Gasteiger partial charge in [-0.2, -0.15) is 0 Å². The largest absolute Gasteiger partial charge is 0.303 e. The van der Waals surface area contributed by atoms with Crippen molar-refractivity contribution < 1.29 is 0 Å². The monoisotopic (exact) mass is 281 g/mol. The van der Waals surface area contributed by atoms with Gasteiger partial charge in [0.25, 0.3) is 0 Å². The summed E-state index contributed by atoms with van der Waals surface area (Å²) in [4.78, 5) is 11.2. The zero-order valence-corrected chi connectivity index (χ0v) is 12.5. The first-order valence-electron chi connectivity index (χ1n) is 6.40. The van der Waals surface area contributed by atoms with E-state index in [0.717, 1.165) is 26.8 Å². The highest BCUT2D eigenvalue weighted by atomic mass is 32.1. The van der Waals surface area contributed by atoms with E-state index in [9.17, 15) is 0 Å². The molecular weight excluding hydrogens is 266 g/mol. The number of fused-ring (bicyclic) bond motifs is 1. The first kappa shape index (κ1) is 12.9. The van der Waals surface area contributed by atoms with Crippen LogP contribution in [0.25, 0.3) is 16.2 Å². The molecule has 0 aliphatic rings. The molecule has 0 aliphatic heterocycles. The van der Waals surface area contributed by atoms with Gasteiger partial charge in [-0.25, -0.2) is 4.98 Å². The number of hydrogen-bond acceptors (Lipinski definition) is 3. The van der Waals surface area contributed by atoms with E-state index >= 15 is 0 Å². The molecule has 0 saturated carbocycles. The number of hydrogen-bond donors (Lipinski definition) is 0. The van der Waals surface area contributed by atoms with E-state index in [0.29, 0.717) is 0 Å². The Morgan fingerprint density at radius 1 is 1.30 bits per heavy atom. The Morgan fingerprint density at radius 2 is 2.10 bits per heavy atom. The lowest BCUT2D eigenvalue weighted by Crippen LogP contribution is -2.15. The highest BCUT2D eigenvalue weighted by Gasteiger charge is 2.21. The van der Waals surface area contributed by atoms with Crippen LogP contribution in [-0.4, -0.2) is 14.4 Å². The lowest BCUT2D eigenvalue weighted by Gasteiger charge is -2.17. The number of imidazole rings is 1. The van der Waals surface area contributed by atoms with Crippen molar-refractivity contribution in [3.63, 3.8) is 0 Å². The predicted octanol–water partition coefficient (Wildman–Crippen LogP) is 3.74. The molecule has 0 saturated heterocycles. The molecule has 3 rings (SSSR count). The second kappa shape index (κ2) is 4.46. The number of thiophene rings is 1. The van der Waals surface area contributed by atoms with Gasteiger partial charge in [0.05, 0.1) is 21.1 Å². The lowest BCUT2D eigenvalue weighted by molar-refractivity contribution is 0.570. The molecule has 0 radical (unpaired) electrons. The van der Waals surface area contributed by atoms with Crippen molar-refractivity contribution >= 4 is 17.0 Å². The van der Waals surface area contributed by atoms with Crippen LogP contribution in [0.2, 0.25) is 0 Å². The fourth-order valence-electron chi connectivity index (χ4n) is 2.12. The summed E-state index contributed by atoms with van der Waals surface area (Å²) < 4.78 is 2.03. The first-order chi connectivity index (χ1) is 9.49. The van der Waals surface area contributed by atoms with Gasteiger partial charge in [0.15, 0.2) is 5.65 Å². The highest BCUT2D eigenvalue weighted by molar-refractivity contribution is 7.16.